The third-order valence-corrected chi connectivity index (χ3v) is 10.3. The van der Waals surface area contributed by atoms with Crippen molar-refractivity contribution in [2.45, 2.75) is 77.8 Å². The molecule has 1 atom stereocenters. The third kappa shape index (κ3) is 9.28. The largest absolute Gasteiger partial charge is 0.461 e. The van der Waals surface area contributed by atoms with Crippen LogP contribution in [0.15, 0.2) is 75.1 Å². The predicted molar refractivity (Wildman–Crippen MR) is 199 cm³/mol. The normalized spacial score (nSPS) is 12.1. The summed E-state index contributed by atoms with van der Waals surface area (Å²) < 4.78 is 66.2. The van der Waals surface area contributed by atoms with Crippen molar-refractivity contribution < 1.29 is 36.3 Å². The molecule has 2 amide bonds. The van der Waals surface area contributed by atoms with Gasteiger partial charge < -0.3 is 19.9 Å². The number of sulfonamides is 1. The molecule has 16 heteroatoms. The maximum absolute atomic E-state index is 15.3. The van der Waals surface area contributed by atoms with E-state index >= 15 is 8.78 Å². The number of carbonyl (C=O) groups is 3. The van der Waals surface area contributed by atoms with E-state index in [9.17, 15) is 32.4 Å². The van der Waals surface area contributed by atoms with E-state index in [0.29, 0.717) is 47.5 Å². The van der Waals surface area contributed by atoms with Crippen molar-refractivity contribution in [3.63, 3.8) is 0 Å². The number of carbonyl (C=O) groups excluding carboxylic acids is 3. The number of nitrogens with one attached hydrogen (secondary N) is 3. The van der Waals surface area contributed by atoms with Crippen LogP contribution in [-0.2, 0) is 37.8 Å². The lowest BCUT2D eigenvalue weighted by molar-refractivity contribution is -0.149. The number of anilines is 2. The van der Waals surface area contributed by atoms with E-state index in [4.69, 9.17) is 4.74 Å². The van der Waals surface area contributed by atoms with Gasteiger partial charge in [-0.25, -0.2) is 31.4 Å². The van der Waals surface area contributed by atoms with Crippen LogP contribution in [0.3, 0.4) is 0 Å². The Hall–Kier alpha value is -5.64. The maximum atomic E-state index is 15.3. The highest BCUT2D eigenvalue weighted by molar-refractivity contribution is 7.92. The molecule has 3 aromatic carbocycles. The van der Waals surface area contributed by atoms with E-state index in [2.05, 4.69) is 10.6 Å². The zero-order valence-electron chi connectivity index (χ0n) is 31.0. The number of benzene rings is 3. The van der Waals surface area contributed by atoms with E-state index in [1.165, 1.54) is 53.1 Å². The predicted octanol–water partition coefficient (Wildman–Crippen LogP) is 4.90. The number of rotatable bonds is 14. The highest BCUT2D eigenvalue weighted by Crippen LogP contribution is 2.24. The van der Waals surface area contributed by atoms with Crippen LogP contribution in [0.5, 0.6) is 0 Å². The summed E-state index contributed by atoms with van der Waals surface area (Å²) in [5.74, 6) is -5.03. The molecule has 1 heterocycles. The van der Waals surface area contributed by atoms with E-state index in [0.717, 1.165) is 4.57 Å². The summed E-state index contributed by atoms with van der Waals surface area (Å²) in [6.07, 6.45) is 0.510. The van der Waals surface area contributed by atoms with Gasteiger partial charge in [-0.1, -0.05) is 26.0 Å². The monoisotopic (exact) mass is 767 g/mol. The zero-order valence-corrected chi connectivity index (χ0v) is 31.8. The lowest BCUT2D eigenvalue weighted by Crippen LogP contribution is -2.44. The summed E-state index contributed by atoms with van der Waals surface area (Å²) in [4.78, 5) is 64.1. The van der Waals surface area contributed by atoms with Crippen LogP contribution in [0.1, 0.15) is 67.7 Å². The van der Waals surface area contributed by atoms with Crippen LogP contribution in [-0.4, -0.2) is 47.5 Å². The molecule has 13 nitrogen and oxygen atoms in total. The van der Waals surface area contributed by atoms with Gasteiger partial charge >= 0.3 is 11.7 Å². The number of amides is 2. The summed E-state index contributed by atoms with van der Waals surface area (Å²) >= 11 is 0. The first-order chi connectivity index (χ1) is 25.4. The molecular formula is C38H43F2N5O8S. The van der Waals surface area contributed by atoms with Gasteiger partial charge in [0.05, 0.1) is 27.9 Å². The summed E-state index contributed by atoms with van der Waals surface area (Å²) in [7, 11) is -2.89. The summed E-state index contributed by atoms with van der Waals surface area (Å²) in [5.41, 5.74) is -0.625. The zero-order chi connectivity index (χ0) is 40.1. The number of ether oxygens (including phenoxy) is 1. The average molecular weight is 768 g/mol. The molecule has 0 aliphatic carbocycles. The summed E-state index contributed by atoms with van der Waals surface area (Å²) in [6.45, 7) is 10.2. The Kier molecular flexibility index (Phi) is 13.0. The SMILES string of the molecule is CCC(CC)C(=O)Nc1ccc(S(=O)(=O)Nc2cc(F)c(C(=O)N[C@@H](Cc3ccc(-n4c(=O)c(C)c(C)n(C)c4=O)cc3)C(=O)OC(C)C)cc2F)cc1. The van der Waals surface area contributed by atoms with Crippen molar-refractivity contribution in [1.82, 2.24) is 14.5 Å². The minimum Gasteiger partial charge on any atom is -0.461 e. The first-order valence-electron chi connectivity index (χ1n) is 17.2. The van der Waals surface area contributed by atoms with Crippen LogP contribution in [0.2, 0.25) is 0 Å². The topological polar surface area (TPSA) is 175 Å². The van der Waals surface area contributed by atoms with Gasteiger partial charge in [-0.3, -0.25) is 19.1 Å². The van der Waals surface area contributed by atoms with Crippen LogP contribution < -0.4 is 26.6 Å². The highest BCUT2D eigenvalue weighted by atomic mass is 32.2. The fourth-order valence-corrected chi connectivity index (χ4v) is 6.62. The van der Waals surface area contributed by atoms with Crippen molar-refractivity contribution in [3.8, 4) is 5.69 Å². The van der Waals surface area contributed by atoms with Crippen molar-refractivity contribution in [1.29, 1.82) is 0 Å². The van der Waals surface area contributed by atoms with Crippen molar-refractivity contribution in [2.24, 2.45) is 13.0 Å². The first kappa shape index (κ1) is 41.1. The first-order valence-corrected chi connectivity index (χ1v) is 18.7. The van der Waals surface area contributed by atoms with Crippen LogP contribution in [0.4, 0.5) is 20.2 Å². The van der Waals surface area contributed by atoms with Crippen LogP contribution in [0.25, 0.3) is 5.69 Å². The Morgan fingerprint density at radius 1 is 0.889 bits per heavy atom. The molecule has 0 saturated carbocycles. The number of nitrogens with zero attached hydrogens (tertiary/aromatic N) is 2. The van der Waals surface area contributed by atoms with Gasteiger partial charge in [0.25, 0.3) is 21.5 Å². The molecule has 0 radical (unpaired) electrons. The fraction of sp³-hybridized carbons (Fsp3) is 0.342. The molecule has 288 valence electrons. The van der Waals surface area contributed by atoms with Gasteiger partial charge in [0.2, 0.25) is 5.91 Å². The number of esters is 1. The molecule has 0 saturated heterocycles. The molecule has 0 bridgehead atoms. The molecule has 1 aromatic heterocycles. The molecule has 0 unspecified atom stereocenters. The molecule has 3 N–H and O–H groups in total. The quantitative estimate of drug-likeness (QED) is 0.152. The second-order valence-corrected chi connectivity index (χ2v) is 14.7. The van der Waals surface area contributed by atoms with Gasteiger partial charge in [-0.05, 0) is 88.6 Å². The van der Waals surface area contributed by atoms with E-state index < -0.39 is 68.2 Å². The minimum absolute atomic E-state index is 0.167. The highest BCUT2D eigenvalue weighted by Gasteiger charge is 2.27. The Morgan fingerprint density at radius 3 is 2.07 bits per heavy atom. The molecule has 0 aliphatic heterocycles. The van der Waals surface area contributed by atoms with Crippen molar-refractivity contribution in [2.75, 3.05) is 10.0 Å². The maximum Gasteiger partial charge on any atom is 0.335 e. The molecule has 0 spiro atoms. The molecule has 54 heavy (non-hydrogen) atoms. The molecule has 4 aromatic rings. The van der Waals surface area contributed by atoms with Crippen molar-refractivity contribution in [3.05, 3.63) is 116 Å². The fourth-order valence-electron chi connectivity index (χ4n) is 5.57. The molecule has 0 fully saturated rings. The molecule has 0 aliphatic rings. The second kappa shape index (κ2) is 17.0. The Bertz CT molecular complexity index is 2250. The Labute approximate surface area is 311 Å². The minimum atomic E-state index is -4.43. The summed E-state index contributed by atoms with van der Waals surface area (Å²) in [6, 6.07) is 10.8. The van der Waals surface area contributed by atoms with Gasteiger partial charge in [-0.2, -0.15) is 0 Å². The van der Waals surface area contributed by atoms with E-state index in [1.54, 1.807) is 34.7 Å². The van der Waals surface area contributed by atoms with Gasteiger partial charge in [0, 0.05) is 42.4 Å². The van der Waals surface area contributed by atoms with Crippen LogP contribution in [0, 0.1) is 31.4 Å². The third-order valence-electron chi connectivity index (χ3n) is 8.96. The van der Waals surface area contributed by atoms with Gasteiger partial charge in [0.1, 0.15) is 17.7 Å². The second-order valence-electron chi connectivity index (χ2n) is 13.0. The number of aromatic nitrogens is 2. The number of halogens is 2. The average Bonchev–Trinajstić information content (AvgIpc) is 3.12. The van der Waals surface area contributed by atoms with Gasteiger partial charge in [0.15, 0.2) is 0 Å². The molecular weight excluding hydrogens is 725 g/mol. The smallest absolute Gasteiger partial charge is 0.335 e. The summed E-state index contributed by atoms with van der Waals surface area (Å²) in [5, 5.41) is 5.08. The standard InChI is InChI=1S/C38H43F2N5O8S/c1-8-25(9-2)34(46)41-26-12-16-28(17-13-26)54(51,52)43-32-20-30(39)29(19-31(32)40)35(47)42-33(37(49)53-21(3)4)18-24-10-14-27(15-11-24)45-36(48)22(5)23(6)44(7)38(45)50/h10-17,19-21,25,33,43H,8-9,18H2,1-7H3,(H,41,46)(H,42,47)/t33-/m0/s1. The van der Waals surface area contributed by atoms with E-state index in [1.807, 2.05) is 18.6 Å². The molecule has 4 rings (SSSR count). The number of hydrogen-bond donors (Lipinski definition) is 3. The lowest BCUT2D eigenvalue weighted by atomic mass is 10.0. The Balaban J connectivity index is 1.53. The van der Waals surface area contributed by atoms with E-state index in [-0.39, 0.29) is 28.8 Å². The Morgan fingerprint density at radius 2 is 1.50 bits per heavy atom. The lowest BCUT2D eigenvalue weighted by Gasteiger charge is -2.20. The van der Waals surface area contributed by atoms with Crippen LogP contribution >= 0.6 is 0 Å². The van der Waals surface area contributed by atoms with Gasteiger partial charge in [-0.15, -0.1) is 0 Å². The number of hydrogen-bond acceptors (Lipinski definition) is 8. The van der Waals surface area contributed by atoms with Crippen molar-refractivity contribution >= 4 is 39.2 Å².